The van der Waals surface area contributed by atoms with Gasteiger partial charge < -0.3 is 24.7 Å². The van der Waals surface area contributed by atoms with Crippen LogP contribution in [0.1, 0.15) is 13.8 Å². The lowest BCUT2D eigenvalue weighted by atomic mass is 10.2. The molecule has 1 fully saturated rings. The largest absolute Gasteiger partial charge is 0.494 e. The second-order valence-corrected chi connectivity index (χ2v) is 7.11. The Morgan fingerprint density at radius 2 is 1.93 bits per heavy atom. The highest BCUT2D eigenvalue weighted by molar-refractivity contribution is 5.64. The first-order valence-electron chi connectivity index (χ1n) is 9.61. The summed E-state index contributed by atoms with van der Waals surface area (Å²) in [5, 5.41) is 3.07. The number of morpholine rings is 1. The lowest BCUT2D eigenvalue weighted by Gasteiger charge is -2.35. The lowest BCUT2D eigenvalue weighted by molar-refractivity contribution is -0.00571. The van der Waals surface area contributed by atoms with Gasteiger partial charge in [0.2, 0.25) is 5.95 Å². The number of ether oxygens (including phenoxy) is 2. The number of nitrogens with zero attached hydrogens (tertiary/aromatic N) is 5. The molecule has 1 saturated heterocycles. The fourth-order valence-electron chi connectivity index (χ4n) is 3.33. The molecule has 1 aliphatic rings. The zero-order chi connectivity index (χ0) is 21.1. The number of aromatic nitrogens is 5. The maximum absolute atomic E-state index is 12.3. The fraction of sp³-hybridized carbons (Fsp3) is 0.350. The summed E-state index contributed by atoms with van der Waals surface area (Å²) in [4.78, 5) is 34.6. The van der Waals surface area contributed by atoms with Crippen molar-refractivity contribution < 1.29 is 9.47 Å². The Morgan fingerprint density at radius 3 is 2.63 bits per heavy atom. The maximum atomic E-state index is 12.3. The standard InChI is InChI=1S/C20H23N7O3/c1-12-10-27(11-13(2)30-12)20-21-5-4-17(26-20)25-16-6-14(7-24-19(16)28)18-22-8-15(29-3)9-23-18/h4-9,12-13H,10-11H2,1-3H3,(H,24,28)(H,21,25,26)/t12-,13+. The second kappa shape index (κ2) is 8.46. The van der Waals surface area contributed by atoms with Gasteiger partial charge in [-0.3, -0.25) is 4.79 Å². The normalized spacial score (nSPS) is 18.8. The molecular formula is C20H23N7O3. The summed E-state index contributed by atoms with van der Waals surface area (Å²) in [6, 6.07) is 3.40. The Bertz CT molecular complexity index is 1060. The average molecular weight is 409 g/mol. The molecular weight excluding hydrogens is 386 g/mol. The number of H-pyrrole nitrogens is 1. The highest BCUT2D eigenvalue weighted by atomic mass is 16.5. The first kappa shape index (κ1) is 19.8. The molecule has 0 amide bonds. The third kappa shape index (κ3) is 4.38. The summed E-state index contributed by atoms with van der Waals surface area (Å²) in [7, 11) is 1.55. The van der Waals surface area contributed by atoms with E-state index in [9.17, 15) is 4.79 Å². The molecule has 3 aromatic rings. The molecule has 0 saturated carbocycles. The van der Waals surface area contributed by atoms with Gasteiger partial charge in [0.25, 0.3) is 5.56 Å². The summed E-state index contributed by atoms with van der Waals surface area (Å²) in [5.41, 5.74) is 0.714. The van der Waals surface area contributed by atoms with Gasteiger partial charge in [0.15, 0.2) is 11.6 Å². The molecule has 0 spiro atoms. The van der Waals surface area contributed by atoms with Crippen molar-refractivity contribution in [2.24, 2.45) is 0 Å². The molecule has 3 aromatic heterocycles. The number of anilines is 3. The van der Waals surface area contributed by atoms with Crippen LogP contribution in [0.4, 0.5) is 17.5 Å². The van der Waals surface area contributed by atoms with Gasteiger partial charge in [-0.1, -0.05) is 0 Å². The lowest BCUT2D eigenvalue weighted by Crippen LogP contribution is -2.46. The molecule has 30 heavy (non-hydrogen) atoms. The van der Waals surface area contributed by atoms with Crippen LogP contribution in [0.15, 0.2) is 41.7 Å². The summed E-state index contributed by atoms with van der Waals surface area (Å²) >= 11 is 0. The van der Waals surface area contributed by atoms with Gasteiger partial charge in [-0.05, 0) is 26.0 Å². The van der Waals surface area contributed by atoms with E-state index in [1.54, 1.807) is 44.0 Å². The number of rotatable bonds is 5. The topological polar surface area (TPSA) is 118 Å². The molecule has 0 radical (unpaired) electrons. The van der Waals surface area contributed by atoms with Crippen LogP contribution in [-0.2, 0) is 4.74 Å². The van der Waals surface area contributed by atoms with E-state index < -0.39 is 0 Å². The average Bonchev–Trinajstić information content (AvgIpc) is 2.75. The van der Waals surface area contributed by atoms with Crippen LogP contribution in [0.5, 0.6) is 5.75 Å². The fourth-order valence-corrected chi connectivity index (χ4v) is 3.33. The highest BCUT2D eigenvalue weighted by Gasteiger charge is 2.24. The molecule has 0 aromatic carbocycles. The zero-order valence-electron chi connectivity index (χ0n) is 17.0. The van der Waals surface area contributed by atoms with Crippen LogP contribution >= 0.6 is 0 Å². The van der Waals surface area contributed by atoms with Gasteiger partial charge >= 0.3 is 0 Å². The molecule has 0 aliphatic carbocycles. The van der Waals surface area contributed by atoms with Crippen LogP contribution in [0.2, 0.25) is 0 Å². The van der Waals surface area contributed by atoms with Gasteiger partial charge in [0, 0.05) is 31.0 Å². The van der Waals surface area contributed by atoms with Gasteiger partial charge in [-0.25, -0.2) is 15.0 Å². The first-order valence-corrected chi connectivity index (χ1v) is 9.61. The quantitative estimate of drug-likeness (QED) is 0.652. The zero-order valence-corrected chi connectivity index (χ0v) is 17.0. The molecule has 1 aliphatic heterocycles. The molecule has 4 rings (SSSR count). The Balaban J connectivity index is 1.57. The number of pyridine rings is 1. The van der Waals surface area contributed by atoms with E-state index in [0.29, 0.717) is 47.7 Å². The number of nitrogens with one attached hydrogen (secondary N) is 2. The summed E-state index contributed by atoms with van der Waals surface area (Å²) in [6.45, 7) is 5.46. The van der Waals surface area contributed by atoms with Crippen LogP contribution < -0.4 is 20.5 Å². The minimum atomic E-state index is -0.277. The number of aromatic amines is 1. The maximum Gasteiger partial charge on any atom is 0.271 e. The molecule has 2 N–H and O–H groups in total. The summed E-state index contributed by atoms with van der Waals surface area (Å²) < 4.78 is 10.9. The molecule has 2 atom stereocenters. The molecule has 0 unspecified atom stereocenters. The molecule has 10 nitrogen and oxygen atoms in total. The number of hydrogen-bond acceptors (Lipinski definition) is 9. The highest BCUT2D eigenvalue weighted by Crippen LogP contribution is 2.21. The van der Waals surface area contributed by atoms with E-state index in [-0.39, 0.29) is 17.8 Å². The Kier molecular flexibility index (Phi) is 5.57. The SMILES string of the molecule is COc1cnc(-c2c[nH]c(=O)c(Nc3ccnc(N4C[C@@H](C)O[C@@H](C)C4)n3)c2)nc1. The van der Waals surface area contributed by atoms with Crippen molar-refractivity contribution in [2.45, 2.75) is 26.1 Å². The van der Waals surface area contributed by atoms with Crippen LogP contribution in [0.25, 0.3) is 11.4 Å². The van der Waals surface area contributed by atoms with E-state index >= 15 is 0 Å². The van der Waals surface area contributed by atoms with E-state index in [0.717, 1.165) is 0 Å². The van der Waals surface area contributed by atoms with Gasteiger partial charge in [-0.2, -0.15) is 4.98 Å². The molecule has 10 heteroatoms. The smallest absolute Gasteiger partial charge is 0.271 e. The Morgan fingerprint density at radius 1 is 1.20 bits per heavy atom. The molecule has 4 heterocycles. The third-order valence-electron chi connectivity index (χ3n) is 4.63. The predicted octanol–water partition coefficient (Wildman–Crippen LogP) is 1.99. The van der Waals surface area contributed by atoms with Crippen molar-refractivity contribution in [3.63, 3.8) is 0 Å². The number of hydrogen-bond donors (Lipinski definition) is 2. The van der Waals surface area contributed by atoms with Crippen molar-refractivity contribution in [2.75, 3.05) is 30.4 Å². The minimum Gasteiger partial charge on any atom is -0.494 e. The third-order valence-corrected chi connectivity index (χ3v) is 4.63. The first-order chi connectivity index (χ1) is 14.5. The monoisotopic (exact) mass is 409 g/mol. The van der Waals surface area contributed by atoms with Crippen molar-refractivity contribution in [3.05, 3.63) is 47.3 Å². The Labute approximate surface area is 173 Å². The number of methoxy groups -OCH3 is 1. The van der Waals surface area contributed by atoms with Crippen LogP contribution in [0, 0.1) is 0 Å². The molecule has 156 valence electrons. The van der Waals surface area contributed by atoms with E-state index in [2.05, 4.69) is 35.1 Å². The minimum absolute atomic E-state index is 0.0954. The van der Waals surface area contributed by atoms with E-state index in [1.807, 2.05) is 13.8 Å². The summed E-state index contributed by atoms with van der Waals surface area (Å²) in [6.07, 6.45) is 6.57. The van der Waals surface area contributed by atoms with E-state index in [4.69, 9.17) is 9.47 Å². The van der Waals surface area contributed by atoms with E-state index in [1.165, 1.54) is 0 Å². The predicted molar refractivity (Wildman–Crippen MR) is 112 cm³/mol. The Hall–Kier alpha value is -3.53. The van der Waals surface area contributed by atoms with Gasteiger partial charge in [-0.15, -0.1) is 0 Å². The van der Waals surface area contributed by atoms with Gasteiger partial charge in [0.1, 0.15) is 11.5 Å². The van der Waals surface area contributed by atoms with Crippen molar-refractivity contribution in [3.8, 4) is 17.1 Å². The van der Waals surface area contributed by atoms with Gasteiger partial charge in [0.05, 0.1) is 31.7 Å². The van der Waals surface area contributed by atoms with Crippen molar-refractivity contribution in [1.82, 2.24) is 24.9 Å². The van der Waals surface area contributed by atoms with Crippen molar-refractivity contribution in [1.29, 1.82) is 0 Å². The molecule has 0 bridgehead atoms. The van der Waals surface area contributed by atoms with Crippen molar-refractivity contribution >= 4 is 17.5 Å². The van der Waals surface area contributed by atoms with Crippen LogP contribution in [-0.4, -0.2) is 57.3 Å². The van der Waals surface area contributed by atoms with Crippen LogP contribution in [0.3, 0.4) is 0 Å². The summed E-state index contributed by atoms with van der Waals surface area (Å²) in [5.74, 6) is 2.13. The second-order valence-electron chi connectivity index (χ2n) is 7.11.